The Balaban J connectivity index is 2.86. The molecule has 18 heavy (non-hydrogen) atoms. The van der Waals surface area contributed by atoms with Crippen LogP contribution in [0.3, 0.4) is 0 Å². The van der Waals surface area contributed by atoms with Gasteiger partial charge in [0.05, 0.1) is 4.90 Å². The van der Waals surface area contributed by atoms with Crippen LogP contribution in [0.25, 0.3) is 0 Å². The molecule has 0 heterocycles. The lowest BCUT2D eigenvalue weighted by atomic mass is 10.1. The van der Waals surface area contributed by atoms with Gasteiger partial charge in [0.1, 0.15) is 0 Å². The quantitative estimate of drug-likeness (QED) is 0.659. The SMILES string of the molecule is CCC(C)/C(C)=N/NS(=O)(=O)c1ccc(C)cc1. The van der Waals surface area contributed by atoms with Gasteiger partial charge in [-0.25, -0.2) is 4.83 Å². The molecule has 1 aromatic rings. The lowest BCUT2D eigenvalue weighted by Crippen LogP contribution is -2.21. The van der Waals surface area contributed by atoms with Crippen LogP contribution < -0.4 is 4.83 Å². The third-order valence-corrected chi connectivity index (χ3v) is 4.22. The van der Waals surface area contributed by atoms with E-state index in [-0.39, 0.29) is 10.8 Å². The van der Waals surface area contributed by atoms with Gasteiger partial charge in [-0.1, -0.05) is 31.5 Å². The van der Waals surface area contributed by atoms with Crippen molar-refractivity contribution in [3.8, 4) is 0 Å². The number of benzene rings is 1. The van der Waals surface area contributed by atoms with Gasteiger partial charge >= 0.3 is 0 Å². The van der Waals surface area contributed by atoms with Crippen molar-refractivity contribution in [1.82, 2.24) is 4.83 Å². The third kappa shape index (κ3) is 3.84. The van der Waals surface area contributed by atoms with Crippen LogP contribution in [0.1, 0.15) is 32.8 Å². The normalized spacial score (nSPS) is 14.3. The predicted molar refractivity (Wildman–Crippen MR) is 74.1 cm³/mol. The van der Waals surface area contributed by atoms with Crippen molar-refractivity contribution in [2.75, 3.05) is 0 Å². The van der Waals surface area contributed by atoms with E-state index < -0.39 is 10.0 Å². The van der Waals surface area contributed by atoms with E-state index in [2.05, 4.69) is 9.93 Å². The second-order valence-electron chi connectivity index (χ2n) is 4.47. The minimum atomic E-state index is -3.55. The van der Waals surface area contributed by atoms with E-state index in [0.29, 0.717) is 0 Å². The number of hydrogen-bond acceptors (Lipinski definition) is 3. The smallest absolute Gasteiger partial charge is 0.200 e. The fraction of sp³-hybridized carbons (Fsp3) is 0.462. The Labute approximate surface area is 109 Å². The van der Waals surface area contributed by atoms with Gasteiger partial charge in [0, 0.05) is 5.71 Å². The van der Waals surface area contributed by atoms with E-state index in [1.165, 1.54) is 0 Å². The Morgan fingerprint density at radius 2 is 1.89 bits per heavy atom. The van der Waals surface area contributed by atoms with Gasteiger partial charge in [-0.15, -0.1) is 0 Å². The molecule has 0 aliphatic rings. The summed E-state index contributed by atoms with van der Waals surface area (Å²) >= 11 is 0. The Morgan fingerprint density at radius 1 is 1.33 bits per heavy atom. The maximum Gasteiger partial charge on any atom is 0.276 e. The Morgan fingerprint density at radius 3 is 2.39 bits per heavy atom. The third-order valence-electron chi connectivity index (χ3n) is 3.00. The monoisotopic (exact) mass is 268 g/mol. The second-order valence-corrected chi connectivity index (χ2v) is 6.13. The molecule has 0 aromatic heterocycles. The molecule has 0 saturated heterocycles. The lowest BCUT2D eigenvalue weighted by molar-refractivity contribution is 0.583. The van der Waals surface area contributed by atoms with E-state index in [9.17, 15) is 8.42 Å². The van der Waals surface area contributed by atoms with E-state index in [1.54, 1.807) is 24.3 Å². The van der Waals surface area contributed by atoms with Crippen LogP contribution in [0, 0.1) is 12.8 Å². The van der Waals surface area contributed by atoms with Crippen molar-refractivity contribution < 1.29 is 8.42 Å². The standard InChI is InChI=1S/C13H20N2O2S/c1-5-11(3)12(4)14-15-18(16,17)13-8-6-10(2)7-9-13/h6-9,11,15H,5H2,1-4H3/b14-12+. The summed E-state index contributed by atoms with van der Waals surface area (Å²) in [5.41, 5.74) is 1.81. The molecule has 0 spiro atoms. The van der Waals surface area contributed by atoms with Gasteiger partial charge < -0.3 is 0 Å². The summed E-state index contributed by atoms with van der Waals surface area (Å²) in [5, 5.41) is 3.94. The number of rotatable bonds is 5. The highest BCUT2D eigenvalue weighted by molar-refractivity contribution is 7.89. The molecule has 0 amide bonds. The van der Waals surface area contributed by atoms with Crippen molar-refractivity contribution >= 4 is 15.7 Å². The van der Waals surface area contributed by atoms with Gasteiger partial charge in [-0.3, -0.25) is 0 Å². The molecular weight excluding hydrogens is 248 g/mol. The zero-order chi connectivity index (χ0) is 13.8. The fourth-order valence-corrected chi connectivity index (χ4v) is 2.17. The summed E-state index contributed by atoms with van der Waals surface area (Å²) in [4.78, 5) is 2.50. The van der Waals surface area contributed by atoms with Gasteiger partial charge in [0.2, 0.25) is 0 Å². The first-order chi connectivity index (χ1) is 8.36. The van der Waals surface area contributed by atoms with Crippen molar-refractivity contribution in [2.24, 2.45) is 11.0 Å². The summed E-state index contributed by atoms with van der Waals surface area (Å²) < 4.78 is 23.9. The molecule has 4 nitrogen and oxygen atoms in total. The van der Waals surface area contributed by atoms with E-state index >= 15 is 0 Å². The maximum atomic E-state index is 11.9. The van der Waals surface area contributed by atoms with Gasteiger partial charge in [0.25, 0.3) is 10.0 Å². The second kappa shape index (κ2) is 6.00. The largest absolute Gasteiger partial charge is 0.276 e. The number of hydrazone groups is 1. The first-order valence-electron chi connectivity index (χ1n) is 5.99. The average molecular weight is 268 g/mol. The molecule has 5 heteroatoms. The van der Waals surface area contributed by atoms with Gasteiger partial charge in [0.15, 0.2) is 0 Å². The molecule has 1 unspecified atom stereocenters. The molecule has 0 bridgehead atoms. The molecule has 0 radical (unpaired) electrons. The number of nitrogens with zero attached hydrogens (tertiary/aromatic N) is 1. The van der Waals surface area contributed by atoms with E-state index in [1.807, 2.05) is 27.7 Å². The molecule has 100 valence electrons. The number of nitrogens with one attached hydrogen (secondary N) is 1. The molecule has 1 N–H and O–H groups in total. The number of aryl methyl sites for hydroxylation is 1. The minimum absolute atomic E-state index is 0.230. The van der Waals surface area contributed by atoms with Crippen molar-refractivity contribution in [3.63, 3.8) is 0 Å². The van der Waals surface area contributed by atoms with Crippen LogP contribution in [0.15, 0.2) is 34.3 Å². The Hall–Kier alpha value is -1.36. The highest BCUT2D eigenvalue weighted by Gasteiger charge is 2.13. The van der Waals surface area contributed by atoms with Gasteiger partial charge in [-0.2, -0.15) is 13.5 Å². The summed E-state index contributed by atoms with van der Waals surface area (Å²) in [6.07, 6.45) is 0.932. The average Bonchev–Trinajstić information content (AvgIpc) is 2.35. The molecular formula is C13H20N2O2S. The maximum absolute atomic E-state index is 11.9. The molecule has 0 aliphatic heterocycles. The fourth-order valence-electron chi connectivity index (χ4n) is 1.31. The minimum Gasteiger partial charge on any atom is -0.200 e. The summed E-state index contributed by atoms with van der Waals surface area (Å²) in [5.74, 6) is 0.269. The van der Waals surface area contributed by atoms with Crippen LogP contribution in [-0.2, 0) is 10.0 Å². The summed E-state index contributed by atoms with van der Waals surface area (Å²) in [6.45, 7) is 7.79. The van der Waals surface area contributed by atoms with Crippen LogP contribution in [-0.4, -0.2) is 14.1 Å². The zero-order valence-electron chi connectivity index (χ0n) is 11.3. The molecule has 0 aliphatic carbocycles. The molecule has 1 aromatic carbocycles. The van der Waals surface area contributed by atoms with E-state index in [0.717, 1.165) is 17.7 Å². The van der Waals surface area contributed by atoms with Crippen molar-refractivity contribution in [1.29, 1.82) is 0 Å². The zero-order valence-corrected chi connectivity index (χ0v) is 12.1. The number of hydrogen-bond donors (Lipinski definition) is 1. The topological polar surface area (TPSA) is 58.5 Å². The first kappa shape index (κ1) is 14.7. The Kier molecular flexibility index (Phi) is 4.90. The van der Waals surface area contributed by atoms with Crippen LogP contribution in [0.2, 0.25) is 0 Å². The molecule has 0 saturated carbocycles. The lowest BCUT2D eigenvalue weighted by Gasteiger charge is -2.09. The molecule has 0 fully saturated rings. The number of sulfonamides is 1. The molecule has 1 atom stereocenters. The first-order valence-corrected chi connectivity index (χ1v) is 7.47. The highest BCUT2D eigenvalue weighted by atomic mass is 32.2. The van der Waals surface area contributed by atoms with Gasteiger partial charge in [-0.05, 0) is 38.3 Å². The van der Waals surface area contributed by atoms with Crippen LogP contribution in [0.4, 0.5) is 0 Å². The molecule has 1 rings (SSSR count). The van der Waals surface area contributed by atoms with Crippen molar-refractivity contribution in [3.05, 3.63) is 29.8 Å². The highest BCUT2D eigenvalue weighted by Crippen LogP contribution is 2.10. The predicted octanol–water partition coefficient (Wildman–Crippen LogP) is 2.70. The van der Waals surface area contributed by atoms with E-state index in [4.69, 9.17) is 0 Å². The summed E-state index contributed by atoms with van der Waals surface area (Å²) in [6, 6.07) is 6.68. The van der Waals surface area contributed by atoms with Crippen LogP contribution in [0.5, 0.6) is 0 Å². The summed E-state index contributed by atoms with van der Waals surface area (Å²) in [7, 11) is -3.55. The van der Waals surface area contributed by atoms with Crippen LogP contribution >= 0.6 is 0 Å². The Bertz CT molecular complexity index is 518. The van der Waals surface area contributed by atoms with Crippen molar-refractivity contribution in [2.45, 2.75) is 39.0 Å².